The number of rotatable bonds is 8. The van der Waals surface area contributed by atoms with Crippen molar-refractivity contribution in [1.82, 2.24) is 10.2 Å². The van der Waals surface area contributed by atoms with Crippen LogP contribution in [0.2, 0.25) is 0 Å². The quantitative estimate of drug-likeness (QED) is 0.724. The number of nitrogens with zero attached hydrogens (tertiary/aromatic N) is 1. The molecule has 0 aliphatic heterocycles. The second-order valence-electron chi connectivity index (χ2n) is 5.07. The number of amides is 2. The molecule has 5 heteroatoms. The van der Waals surface area contributed by atoms with Crippen LogP contribution in [0.4, 0.5) is 4.79 Å². The van der Waals surface area contributed by atoms with Gasteiger partial charge in [0.1, 0.15) is 0 Å². The van der Waals surface area contributed by atoms with Gasteiger partial charge in [-0.1, -0.05) is 38.0 Å². The average Bonchev–Trinajstić information content (AvgIpc) is 2.47. The molecule has 5 nitrogen and oxygen atoms in total. The molecule has 0 unspecified atom stereocenters. The van der Waals surface area contributed by atoms with Gasteiger partial charge in [0.15, 0.2) is 0 Å². The zero-order valence-electron chi connectivity index (χ0n) is 12.8. The molecule has 21 heavy (non-hydrogen) atoms. The van der Waals surface area contributed by atoms with Crippen LogP contribution in [0.5, 0.6) is 0 Å². The summed E-state index contributed by atoms with van der Waals surface area (Å²) in [6, 6.07) is 6.75. The topological polar surface area (TPSA) is 69.6 Å². The van der Waals surface area contributed by atoms with Crippen molar-refractivity contribution < 1.29 is 14.7 Å². The number of hydrogen-bond donors (Lipinski definition) is 2. The van der Waals surface area contributed by atoms with Gasteiger partial charge in [-0.15, -0.1) is 0 Å². The number of hydrogen-bond acceptors (Lipinski definition) is 2. The minimum atomic E-state index is -0.936. The third kappa shape index (κ3) is 5.85. The van der Waals surface area contributed by atoms with E-state index in [1.54, 1.807) is 36.2 Å². The maximum atomic E-state index is 11.8. The number of benzene rings is 1. The van der Waals surface area contributed by atoms with Crippen molar-refractivity contribution in [3.05, 3.63) is 35.4 Å². The van der Waals surface area contributed by atoms with Crippen molar-refractivity contribution in [2.45, 2.75) is 32.6 Å². The van der Waals surface area contributed by atoms with Gasteiger partial charge in [-0.3, -0.25) is 0 Å². The smallest absolute Gasteiger partial charge is 0.335 e. The molecule has 0 spiro atoms. The predicted molar refractivity (Wildman–Crippen MR) is 82.7 cm³/mol. The normalized spacial score (nSPS) is 10.2. The van der Waals surface area contributed by atoms with Crippen molar-refractivity contribution >= 4 is 12.0 Å². The number of carboxylic acid groups (broad SMARTS) is 1. The van der Waals surface area contributed by atoms with Crippen molar-refractivity contribution in [1.29, 1.82) is 0 Å². The summed E-state index contributed by atoms with van der Waals surface area (Å²) in [7, 11) is 1.77. The largest absolute Gasteiger partial charge is 0.478 e. The van der Waals surface area contributed by atoms with E-state index < -0.39 is 5.97 Å². The summed E-state index contributed by atoms with van der Waals surface area (Å²) in [5.74, 6) is -0.936. The molecule has 2 N–H and O–H groups in total. The van der Waals surface area contributed by atoms with E-state index in [9.17, 15) is 9.59 Å². The first kappa shape index (κ1) is 17.0. The van der Waals surface area contributed by atoms with Crippen LogP contribution >= 0.6 is 0 Å². The standard InChI is InChI=1S/C16H24N2O3/c1-3-4-7-12-18(2)16(21)17-11-10-13-8-5-6-9-14(13)15(19)20/h5-6,8-9H,3-4,7,10-12H2,1-2H3,(H,17,21)(H,19,20). The van der Waals surface area contributed by atoms with Crippen LogP contribution in [0.3, 0.4) is 0 Å². The van der Waals surface area contributed by atoms with Gasteiger partial charge in [-0.25, -0.2) is 9.59 Å². The number of unbranched alkanes of at least 4 members (excludes halogenated alkanes) is 2. The fraction of sp³-hybridized carbons (Fsp3) is 0.500. The fourth-order valence-electron chi connectivity index (χ4n) is 2.09. The molecule has 0 heterocycles. The summed E-state index contributed by atoms with van der Waals surface area (Å²) in [5.41, 5.74) is 1.03. The van der Waals surface area contributed by atoms with Crippen molar-refractivity contribution in [3.63, 3.8) is 0 Å². The second-order valence-corrected chi connectivity index (χ2v) is 5.07. The Morgan fingerprint density at radius 3 is 2.62 bits per heavy atom. The first-order chi connectivity index (χ1) is 10.1. The van der Waals surface area contributed by atoms with E-state index in [-0.39, 0.29) is 6.03 Å². The molecule has 116 valence electrons. The molecule has 2 amide bonds. The zero-order valence-corrected chi connectivity index (χ0v) is 12.8. The Balaban J connectivity index is 2.39. The number of carbonyl (C=O) groups excluding carboxylic acids is 1. The van der Waals surface area contributed by atoms with E-state index in [0.29, 0.717) is 18.5 Å². The van der Waals surface area contributed by atoms with E-state index in [0.717, 1.165) is 31.4 Å². The van der Waals surface area contributed by atoms with Crippen LogP contribution in [0.15, 0.2) is 24.3 Å². The molecule has 0 aliphatic rings. The Morgan fingerprint density at radius 2 is 1.95 bits per heavy atom. The summed E-state index contributed by atoms with van der Waals surface area (Å²) in [5, 5.41) is 11.9. The van der Waals surface area contributed by atoms with Gasteiger partial charge in [0.25, 0.3) is 0 Å². The van der Waals surface area contributed by atoms with Gasteiger partial charge in [0.05, 0.1) is 5.56 Å². The lowest BCUT2D eigenvalue weighted by Crippen LogP contribution is -2.38. The maximum absolute atomic E-state index is 11.8. The monoisotopic (exact) mass is 292 g/mol. The molecule has 0 saturated carbocycles. The molecule has 0 saturated heterocycles. The van der Waals surface area contributed by atoms with E-state index in [1.807, 2.05) is 0 Å². The van der Waals surface area contributed by atoms with E-state index >= 15 is 0 Å². The Kier molecular flexibility index (Phi) is 7.29. The molecular weight excluding hydrogens is 268 g/mol. The lowest BCUT2D eigenvalue weighted by molar-refractivity contribution is 0.0695. The van der Waals surface area contributed by atoms with Crippen LogP contribution < -0.4 is 5.32 Å². The third-order valence-electron chi connectivity index (χ3n) is 3.36. The SMILES string of the molecule is CCCCCN(C)C(=O)NCCc1ccccc1C(=O)O. The molecule has 1 aromatic carbocycles. The molecule has 1 rings (SSSR count). The van der Waals surface area contributed by atoms with Crippen molar-refractivity contribution in [3.8, 4) is 0 Å². The number of nitrogens with one attached hydrogen (secondary N) is 1. The average molecular weight is 292 g/mol. The summed E-state index contributed by atoms with van der Waals surface area (Å²) < 4.78 is 0. The van der Waals surface area contributed by atoms with Gasteiger partial charge < -0.3 is 15.3 Å². The highest BCUT2D eigenvalue weighted by atomic mass is 16.4. The first-order valence-electron chi connectivity index (χ1n) is 7.36. The first-order valence-corrected chi connectivity index (χ1v) is 7.36. The molecular formula is C16H24N2O3. The van der Waals surface area contributed by atoms with Crippen LogP contribution in [-0.4, -0.2) is 42.1 Å². The minimum absolute atomic E-state index is 0.112. The Hall–Kier alpha value is -2.04. The summed E-state index contributed by atoms with van der Waals surface area (Å²) in [4.78, 5) is 24.6. The van der Waals surface area contributed by atoms with Crippen LogP contribution in [0, 0.1) is 0 Å². The molecule has 0 atom stereocenters. The number of urea groups is 1. The van der Waals surface area contributed by atoms with Gasteiger partial charge in [-0.2, -0.15) is 0 Å². The van der Waals surface area contributed by atoms with Crippen molar-refractivity contribution in [2.24, 2.45) is 0 Å². The minimum Gasteiger partial charge on any atom is -0.478 e. The number of carboxylic acids is 1. The maximum Gasteiger partial charge on any atom is 0.335 e. The number of carbonyl (C=O) groups is 2. The molecule has 0 aromatic heterocycles. The highest BCUT2D eigenvalue weighted by Gasteiger charge is 2.10. The Morgan fingerprint density at radius 1 is 1.24 bits per heavy atom. The molecule has 0 bridgehead atoms. The highest BCUT2D eigenvalue weighted by molar-refractivity contribution is 5.89. The van der Waals surface area contributed by atoms with Crippen LogP contribution in [0.25, 0.3) is 0 Å². The zero-order chi connectivity index (χ0) is 15.7. The summed E-state index contributed by atoms with van der Waals surface area (Å²) >= 11 is 0. The summed E-state index contributed by atoms with van der Waals surface area (Å²) in [6.45, 7) is 3.30. The molecule has 0 fully saturated rings. The molecule has 0 radical (unpaired) electrons. The van der Waals surface area contributed by atoms with Gasteiger partial charge in [0.2, 0.25) is 0 Å². The number of aromatic carboxylic acids is 1. The Labute approximate surface area is 126 Å². The van der Waals surface area contributed by atoms with Crippen LogP contribution in [0.1, 0.15) is 42.1 Å². The van der Waals surface area contributed by atoms with E-state index in [4.69, 9.17) is 5.11 Å². The Bertz CT molecular complexity index is 474. The predicted octanol–water partition coefficient (Wildman–Crippen LogP) is 2.76. The lowest BCUT2D eigenvalue weighted by Gasteiger charge is -2.18. The van der Waals surface area contributed by atoms with Gasteiger partial charge in [0, 0.05) is 20.1 Å². The van der Waals surface area contributed by atoms with E-state index in [1.165, 1.54) is 0 Å². The van der Waals surface area contributed by atoms with Gasteiger partial charge >= 0.3 is 12.0 Å². The third-order valence-corrected chi connectivity index (χ3v) is 3.36. The van der Waals surface area contributed by atoms with Crippen LogP contribution in [-0.2, 0) is 6.42 Å². The van der Waals surface area contributed by atoms with Crippen molar-refractivity contribution in [2.75, 3.05) is 20.1 Å². The summed E-state index contributed by atoms with van der Waals surface area (Å²) in [6.07, 6.45) is 3.75. The van der Waals surface area contributed by atoms with Gasteiger partial charge in [-0.05, 0) is 24.5 Å². The fourth-order valence-corrected chi connectivity index (χ4v) is 2.09. The van der Waals surface area contributed by atoms with E-state index in [2.05, 4.69) is 12.2 Å². The second kappa shape index (κ2) is 9.00. The molecule has 1 aromatic rings. The lowest BCUT2D eigenvalue weighted by atomic mass is 10.0. The molecule has 0 aliphatic carbocycles. The highest BCUT2D eigenvalue weighted by Crippen LogP contribution is 2.09.